The first-order valence-electron chi connectivity index (χ1n) is 16.3. The molecule has 0 aromatic carbocycles. The lowest BCUT2D eigenvalue weighted by Crippen LogP contribution is -2.12. The molecule has 0 aliphatic carbocycles. The van der Waals surface area contributed by atoms with Gasteiger partial charge in [-0.1, -0.05) is 174 Å². The van der Waals surface area contributed by atoms with Crippen LogP contribution in [0.25, 0.3) is 0 Å². The lowest BCUT2D eigenvalue weighted by Gasteiger charge is -2.12. The van der Waals surface area contributed by atoms with Crippen molar-refractivity contribution in [3.63, 3.8) is 0 Å². The van der Waals surface area contributed by atoms with E-state index in [0.29, 0.717) is 0 Å². The smallest absolute Gasteiger partial charge is 0.264 e. The molecule has 0 heterocycles. The molecule has 0 radical (unpaired) electrons. The zero-order chi connectivity index (χ0) is 27.3. The van der Waals surface area contributed by atoms with Crippen molar-refractivity contribution >= 4 is 10.4 Å². The molecule has 222 valence electrons. The second-order valence-electron chi connectivity index (χ2n) is 11.3. The van der Waals surface area contributed by atoms with Crippen LogP contribution in [0.2, 0.25) is 0 Å². The maximum atomic E-state index is 11.0. The summed E-state index contributed by atoms with van der Waals surface area (Å²) >= 11 is 0. The molecule has 0 aliphatic rings. The molecular weight excluding hydrogens is 480 g/mol. The van der Waals surface area contributed by atoms with E-state index in [0.717, 1.165) is 19.3 Å². The molecule has 0 amide bonds. The lowest BCUT2D eigenvalue weighted by molar-refractivity contribution is 0.234. The topological polar surface area (TPSA) is 63.6 Å². The molecule has 0 saturated heterocycles. The Labute approximate surface area is 232 Å². The van der Waals surface area contributed by atoms with E-state index in [4.69, 9.17) is 4.55 Å². The van der Waals surface area contributed by atoms with Crippen LogP contribution in [-0.4, -0.2) is 19.6 Å². The average Bonchev–Trinajstić information content (AvgIpc) is 2.87. The van der Waals surface area contributed by atoms with E-state index < -0.39 is 10.4 Å². The van der Waals surface area contributed by atoms with Crippen LogP contribution in [0.4, 0.5) is 0 Å². The Hall–Kier alpha value is -0.390. The largest absolute Gasteiger partial charge is 0.397 e. The van der Waals surface area contributed by atoms with Gasteiger partial charge in [0.1, 0.15) is 0 Å². The Bertz CT molecular complexity index is 573. The van der Waals surface area contributed by atoms with Gasteiger partial charge in [0.25, 0.3) is 0 Å². The first-order chi connectivity index (χ1) is 18.0. The van der Waals surface area contributed by atoms with E-state index in [2.05, 4.69) is 30.2 Å². The zero-order valence-corrected chi connectivity index (χ0v) is 25.7. The molecule has 1 atom stereocenters. The molecular formula is C32H64O4S. The fourth-order valence-corrected chi connectivity index (χ4v) is 5.39. The quantitative estimate of drug-likeness (QED) is 0.0555. The van der Waals surface area contributed by atoms with Crippen molar-refractivity contribution in [1.82, 2.24) is 0 Å². The molecule has 0 bridgehead atoms. The van der Waals surface area contributed by atoms with Crippen LogP contribution in [0.1, 0.15) is 181 Å². The van der Waals surface area contributed by atoms with Crippen molar-refractivity contribution in [3.05, 3.63) is 12.2 Å². The summed E-state index contributed by atoms with van der Waals surface area (Å²) < 4.78 is 35.5. The molecule has 1 unspecified atom stereocenters. The SMILES string of the molecule is CCCCCCCCCCCCCCCCCCC/C=C/C(CCCCCCCCC)COS(=O)(=O)O. The molecule has 0 saturated carbocycles. The van der Waals surface area contributed by atoms with Gasteiger partial charge in [-0.05, 0) is 19.3 Å². The minimum Gasteiger partial charge on any atom is -0.264 e. The van der Waals surface area contributed by atoms with Crippen molar-refractivity contribution in [3.8, 4) is 0 Å². The Morgan fingerprint density at radius 2 is 0.919 bits per heavy atom. The van der Waals surface area contributed by atoms with Gasteiger partial charge < -0.3 is 0 Å². The summed E-state index contributed by atoms with van der Waals surface area (Å²) in [5, 5.41) is 0. The Balaban J connectivity index is 3.66. The molecule has 5 heteroatoms. The Morgan fingerprint density at radius 1 is 0.568 bits per heavy atom. The van der Waals surface area contributed by atoms with Gasteiger partial charge >= 0.3 is 10.4 Å². The van der Waals surface area contributed by atoms with Gasteiger partial charge in [0.2, 0.25) is 0 Å². The summed E-state index contributed by atoms with van der Waals surface area (Å²) in [7, 11) is -4.36. The summed E-state index contributed by atoms with van der Waals surface area (Å²) in [6.45, 7) is 4.56. The summed E-state index contributed by atoms with van der Waals surface area (Å²) in [4.78, 5) is 0. The van der Waals surface area contributed by atoms with Gasteiger partial charge in [-0.25, -0.2) is 4.18 Å². The molecule has 37 heavy (non-hydrogen) atoms. The number of hydrogen-bond donors (Lipinski definition) is 1. The number of rotatable bonds is 30. The predicted molar refractivity (Wildman–Crippen MR) is 162 cm³/mol. The summed E-state index contributed by atoms with van der Waals surface area (Å²) in [5.41, 5.74) is 0. The first kappa shape index (κ1) is 36.6. The van der Waals surface area contributed by atoms with Gasteiger partial charge in [-0.15, -0.1) is 0 Å². The second-order valence-corrected chi connectivity index (χ2v) is 12.3. The van der Waals surface area contributed by atoms with Crippen LogP contribution in [0.3, 0.4) is 0 Å². The van der Waals surface area contributed by atoms with Crippen molar-refractivity contribution < 1.29 is 17.2 Å². The molecule has 4 nitrogen and oxygen atoms in total. The second kappa shape index (κ2) is 28.6. The molecule has 0 fully saturated rings. The van der Waals surface area contributed by atoms with E-state index in [-0.39, 0.29) is 12.5 Å². The fraction of sp³-hybridized carbons (Fsp3) is 0.938. The van der Waals surface area contributed by atoms with Gasteiger partial charge in [-0.3, -0.25) is 4.55 Å². The van der Waals surface area contributed by atoms with E-state index in [1.165, 1.54) is 148 Å². The molecule has 0 spiro atoms. The average molecular weight is 545 g/mol. The highest BCUT2D eigenvalue weighted by Crippen LogP contribution is 2.17. The van der Waals surface area contributed by atoms with Gasteiger partial charge in [0.05, 0.1) is 6.61 Å². The highest BCUT2D eigenvalue weighted by Gasteiger charge is 2.11. The van der Waals surface area contributed by atoms with Gasteiger partial charge in [0.15, 0.2) is 0 Å². The number of unbranched alkanes of at least 4 members (excludes halogenated alkanes) is 23. The third-order valence-corrected chi connectivity index (χ3v) is 7.93. The minimum atomic E-state index is -4.36. The third-order valence-electron chi connectivity index (χ3n) is 7.49. The van der Waals surface area contributed by atoms with E-state index in [9.17, 15) is 8.42 Å². The van der Waals surface area contributed by atoms with Crippen molar-refractivity contribution in [2.75, 3.05) is 6.61 Å². The predicted octanol–water partition coefficient (Wildman–Crippen LogP) is 11.2. The molecule has 1 N–H and O–H groups in total. The van der Waals surface area contributed by atoms with Crippen LogP contribution < -0.4 is 0 Å². The highest BCUT2D eigenvalue weighted by molar-refractivity contribution is 7.80. The molecule has 0 aromatic rings. The van der Waals surface area contributed by atoms with E-state index >= 15 is 0 Å². The third kappa shape index (κ3) is 31.7. The maximum absolute atomic E-state index is 11.0. The monoisotopic (exact) mass is 544 g/mol. The maximum Gasteiger partial charge on any atom is 0.397 e. The standard InChI is InChI=1S/C32H64O4S/c1-3-5-7-9-11-12-13-14-15-16-17-18-19-20-21-22-24-26-28-30-32(31-36-37(33,34)35)29-27-25-23-10-8-6-4-2/h28,30,32H,3-27,29,31H2,1-2H3,(H,33,34,35)/b30-28+. The molecule has 0 aromatic heterocycles. The first-order valence-corrected chi connectivity index (χ1v) is 17.6. The summed E-state index contributed by atoms with van der Waals surface area (Å²) in [6.07, 6.45) is 38.5. The lowest BCUT2D eigenvalue weighted by atomic mass is 9.99. The van der Waals surface area contributed by atoms with Crippen LogP contribution in [0.15, 0.2) is 12.2 Å². The summed E-state index contributed by atoms with van der Waals surface area (Å²) in [5.74, 6) is 0.0587. The van der Waals surface area contributed by atoms with E-state index in [1.54, 1.807) is 0 Å². The Kier molecular flexibility index (Phi) is 28.3. The summed E-state index contributed by atoms with van der Waals surface area (Å²) in [6, 6.07) is 0. The van der Waals surface area contributed by atoms with Crippen LogP contribution in [0.5, 0.6) is 0 Å². The van der Waals surface area contributed by atoms with Gasteiger partial charge in [0, 0.05) is 5.92 Å². The Morgan fingerprint density at radius 3 is 1.30 bits per heavy atom. The minimum absolute atomic E-state index is 0.0458. The number of allylic oxidation sites excluding steroid dienone is 1. The van der Waals surface area contributed by atoms with E-state index in [1.807, 2.05) is 0 Å². The zero-order valence-electron chi connectivity index (χ0n) is 24.9. The molecule has 0 aliphatic heterocycles. The number of hydrogen-bond acceptors (Lipinski definition) is 3. The van der Waals surface area contributed by atoms with Crippen LogP contribution in [-0.2, 0) is 14.6 Å². The van der Waals surface area contributed by atoms with Crippen LogP contribution in [0, 0.1) is 5.92 Å². The molecule has 0 rings (SSSR count). The van der Waals surface area contributed by atoms with Crippen molar-refractivity contribution in [1.29, 1.82) is 0 Å². The van der Waals surface area contributed by atoms with Crippen molar-refractivity contribution in [2.24, 2.45) is 5.92 Å². The van der Waals surface area contributed by atoms with Crippen molar-refractivity contribution in [2.45, 2.75) is 181 Å². The normalized spacial score (nSPS) is 13.1. The van der Waals surface area contributed by atoms with Gasteiger partial charge in [-0.2, -0.15) is 8.42 Å². The fourth-order valence-electron chi connectivity index (χ4n) is 5.05. The van der Waals surface area contributed by atoms with Crippen LogP contribution >= 0.6 is 0 Å². The highest BCUT2D eigenvalue weighted by atomic mass is 32.3.